The molecule has 0 bridgehead atoms. The van der Waals surface area contributed by atoms with E-state index in [1.807, 2.05) is 11.8 Å². The third-order valence-corrected chi connectivity index (χ3v) is 6.50. The minimum atomic E-state index is -0.426. The number of piperazine rings is 1. The van der Waals surface area contributed by atoms with Gasteiger partial charge in [0.1, 0.15) is 5.69 Å². The minimum Gasteiger partial charge on any atom is -0.362 e. The molecule has 0 N–H and O–H groups in total. The van der Waals surface area contributed by atoms with E-state index in [2.05, 4.69) is 21.8 Å². The Hall–Kier alpha value is -3.27. The maximum absolute atomic E-state index is 12.7. The van der Waals surface area contributed by atoms with Crippen molar-refractivity contribution in [3.8, 4) is 0 Å². The first-order chi connectivity index (χ1) is 14.3. The zero-order valence-corrected chi connectivity index (χ0v) is 17.8. The molecule has 0 unspecified atom stereocenters. The van der Waals surface area contributed by atoms with Crippen LogP contribution in [0.5, 0.6) is 0 Å². The highest BCUT2D eigenvalue weighted by molar-refractivity contribution is 7.15. The number of anilines is 2. The molecule has 30 heavy (non-hydrogen) atoms. The molecular formula is C20H22N6O3S. The van der Waals surface area contributed by atoms with Gasteiger partial charge in [0.05, 0.1) is 10.6 Å². The van der Waals surface area contributed by atoms with Crippen LogP contribution in [0.1, 0.15) is 26.8 Å². The maximum Gasteiger partial charge on any atom is 0.293 e. The van der Waals surface area contributed by atoms with Crippen molar-refractivity contribution in [1.29, 1.82) is 0 Å². The van der Waals surface area contributed by atoms with Gasteiger partial charge in [0, 0.05) is 62.1 Å². The number of ketones is 1. The summed E-state index contributed by atoms with van der Waals surface area (Å²) in [6.45, 7) is 6.82. The van der Waals surface area contributed by atoms with Gasteiger partial charge in [-0.3, -0.25) is 14.9 Å². The van der Waals surface area contributed by atoms with E-state index in [0.717, 1.165) is 23.9 Å². The number of imidazole rings is 1. The Balaban J connectivity index is 1.55. The van der Waals surface area contributed by atoms with Crippen molar-refractivity contribution in [2.24, 2.45) is 7.05 Å². The molecule has 1 aliphatic rings. The van der Waals surface area contributed by atoms with Gasteiger partial charge in [0.25, 0.3) is 5.69 Å². The molecule has 10 heteroatoms. The summed E-state index contributed by atoms with van der Waals surface area (Å²) < 4.78 is 1.60. The van der Waals surface area contributed by atoms with E-state index >= 15 is 0 Å². The number of rotatable bonds is 5. The van der Waals surface area contributed by atoms with Gasteiger partial charge in [-0.2, -0.15) is 0 Å². The van der Waals surface area contributed by atoms with E-state index in [9.17, 15) is 14.9 Å². The Morgan fingerprint density at radius 2 is 1.87 bits per heavy atom. The molecule has 0 radical (unpaired) electrons. The summed E-state index contributed by atoms with van der Waals surface area (Å²) in [4.78, 5) is 38.1. The lowest BCUT2D eigenvalue weighted by Gasteiger charge is -2.35. The molecule has 1 fully saturated rings. The summed E-state index contributed by atoms with van der Waals surface area (Å²) in [5.41, 5.74) is 1.76. The van der Waals surface area contributed by atoms with E-state index < -0.39 is 4.92 Å². The monoisotopic (exact) mass is 426 g/mol. The second-order valence-corrected chi connectivity index (χ2v) is 8.45. The van der Waals surface area contributed by atoms with Crippen LogP contribution in [-0.2, 0) is 7.05 Å². The SMILES string of the molecule is Cc1nc(N2CCN(c3ccc(C(=O)c4nccn4C)cc3[N+](=O)[O-])CC2)sc1C. The van der Waals surface area contributed by atoms with Gasteiger partial charge < -0.3 is 14.4 Å². The standard InChI is InChI=1S/C20H22N6O3S/c1-13-14(2)30-20(22-13)25-10-8-24(9-11-25)16-5-4-15(12-17(16)26(28)29)18(27)19-21-6-7-23(19)3/h4-7,12H,8-11H2,1-3H3. The summed E-state index contributed by atoms with van der Waals surface area (Å²) in [5.74, 6) is -0.0869. The third-order valence-electron chi connectivity index (χ3n) is 5.37. The van der Waals surface area contributed by atoms with Gasteiger partial charge in [0.2, 0.25) is 5.78 Å². The van der Waals surface area contributed by atoms with E-state index in [-0.39, 0.29) is 22.9 Å². The number of nitro groups is 1. The quantitative estimate of drug-likeness (QED) is 0.351. The largest absolute Gasteiger partial charge is 0.362 e. The number of carbonyl (C=O) groups excluding carboxylic acids is 1. The van der Waals surface area contributed by atoms with Crippen LogP contribution in [-0.4, -0.2) is 51.4 Å². The second-order valence-electron chi connectivity index (χ2n) is 7.26. The van der Waals surface area contributed by atoms with Crippen LogP contribution in [0.3, 0.4) is 0 Å². The molecule has 0 aliphatic carbocycles. The van der Waals surface area contributed by atoms with Crippen molar-refractivity contribution < 1.29 is 9.72 Å². The van der Waals surface area contributed by atoms with Gasteiger partial charge in [-0.25, -0.2) is 9.97 Å². The molecule has 3 aromatic rings. The van der Waals surface area contributed by atoms with E-state index in [1.54, 1.807) is 41.3 Å². The lowest BCUT2D eigenvalue weighted by Crippen LogP contribution is -2.46. The van der Waals surface area contributed by atoms with Gasteiger partial charge in [-0.1, -0.05) is 0 Å². The molecule has 0 amide bonds. The first kappa shape index (κ1) is 20.0. The van der Waals surface area contributed by atoms with Crippen LogP contribution in [0, 0.1) is 24.0 Å². The third kappa shape index (κ3) is 3.65. The first-order valence-electron chi connectivity index (χ1n) is 9.59. The molecule has 2 aromatic heterocycles. The number of thiazole rings is 1. The fourth-order valence-corrected chi connectivity index (χ4v) is 4.48. The highest BCUT2D eigenvalue weighted by atomic mass is 32.1. The van der Waals surface area contributed by atoms with Gasteiger partial charge in [0.15, 0.2) is 11.0 Å². The number of hydrogen-bond acceptors (Lipinski definition) is 8. The number of nitro benzene ring substituents is 1. The van der Waals surface area contributed by atoms with Crippen molar-refractivity contribution in [1.82, 2.24) is 14.5 Å². The number of nitrogens with zero attached hydrogens (tertiary/aromatic N) is 6. The van der Waals surface area contributed by atoms with E-state index in [1.165, 1.54) is 17.1 Å². The first-order valence-corrected chi connectivity index (χ1v) is 10.4. The van der Waals surface area contributed by atoms with Gasteiger partial charge in [-0.05, 0) is 26.0 Å². The van der Waals surface area contributed by atoms with Crippen molar-refractivity contribution in [3.63, 3.8) is 0 Å². The van der Waals surface area contributed by atoms with Crippen molar-refractivity contribution >= 4 is 33.6 Å². The molecule has 156 valence electrons. The Morgan fingerprint density at radius 3 is 2.43 bits per heavy atom. The lowest BCUT2D eigenvalue weighted by atomic mass is 10.1. The molecule has 1 saturated heterocycles. The molecule has 0 saturated carbocycles. The molecule has 0 atom stereocenters. The number of aryl methyl sites for hydroxylation is 3. The topological polar surface area (TPSA) is 97.4 Å². The van der Waals surface area contributed by atoms with Crippen LogP contribution < -0.4 is 9.80 Å². The average molecular weight is 427 g/mol. The van der Waals surface area contributed by atoms with Crippen LogP contribution in [0.25, 0.3) is 0 Å². The van der Waals surface area contributed by atoms with Crippen LogP contribution in [0.15, 0.2) is 30.6 Å². The second kappa shape index (κ2) is 7.86. The fourth-order valence-electron chi connectivity index (χ4n) is 3.52. The molecular weight excluding hydrogens is 404 g/mol. The Bertz CT molecular complexity index is 1090. The maximum atomic E-state index is 12.7. The average Bonchev–Trinajstić information content (AvgIpc) is 3.32. The normalized spacial score (nSPS) is 14.2. The van der Waals surface area contributed by atoms with E-state index in [4.69, 9.17) is 0 Å². The zero-order valence-electron chi connectivity index (χ0n) is 17.0. The van der Waals surface area contributed by atoms with Crippen molar-refractivity contribution in [2.45, 2.75) is 13.8 Å². The van der Waals surface area contributed by atoms with Crippen molar-refractivity contribution in [2.75, 3.05) is 36.0 Å². The smallest absolute Gasteiger partial charge is 0.293 e. The van der Waals surface area contributed by atoms with Crippen molar-refractivity contribution in [3.05, 3.63) is 62.7 Å². The number of carbonyl (C=O) groups is 1. The highest BCUT2D eigenvalue weighted by Gasteiger charge is 2.27. The predicted molar refractivity (Wildman–Crippen MR) is 116 cm³/mol. The zero-order chi connectivity index (χ0) is 21.4. The summed E-state index contributed by atoms with van der Waals surface area (Å²) in [5, 5.41) is 12.7. The molecule has 0 spiro atoms. The molecule has 3 heterocycles. The van der Waals surface area contributed by atoms with E-state index in [0.29, 0.717) is 18.8 Å². The Morgan fingerprint density at radius 1 is 1.17 bits per heavy atom. The summed E-state index contributed by atoms with van der Waals surface area (Å²) in [6, 6.07) is 4.66. The predicted octanol–water partition coefficient (Wildman–Crippen LogP) is 2.96. The summed E-state index contributed by atoms with van der Waals surface area (Å²) in [7, 11) is 1.72. The molecule has 1 aliphatic heterocycles. The Kier molecular flexibility index (Phi) is 5.25. The van der Waals surface area contributed by atoms with Crippen LogP contribution >= 0.6 is 11.3 Å². The van der Waals surface area contributed by atoms with Crippen LogP contribution in [0.4, 0.5) is 16.5 Å². The molecule has 1 aromatic carbocycles. The number of benzene rings is 1. The van der Waals surface area contributed by atoms with Crippen LogP contribution in [0.2, 0.25) is 0 Å². The number of aromatic nitrogens is 3. The fraction of sp³-hybridized carbons (Fsp3) is 0.350. The number of hydrogen-bond donors (Lipinski definition) is 0. The highest BCUT2D eigenvalue weighted by Crippen LogP contribution is 2.32. The summed E-state index contributed by atoms with van der Waals surface area (Å²) in [6.07, 6.45) is 3.20. The molecule has 9 nitrogen and oxygen atoms in total. The van der Waals surface area contributed by atoms with Gasteiger partial charge >= 0.3 is 0 Å². The molecule has 4 rings (SSSR count). The Labute approximate surface area is 177 Å². The minimum absolute atomic E-state index is 0.0653. The van der Waals surface area contributed by atoms with Gasteiger partial charge in [-0.15, -0.1) is 11.3 Å². The summed E-state index contributed by atoms with van der Waals surface area (Å²) >= 11 is 1.67. The lowest BCUT2D eigenvalue weighted by molar-refractivity contribution is -0.384.